The number of nitrogens with one attached hydrogen (secondary N) is 1. The van der Waals surface area contributed by atoms with Gasteiger partial charge >= 0.3 is 12.0 Å². The Morgan fingerprint density at radius 3 is 2.60 bits per heavy atom. The van der Waals surface area contributed by atoms with Gasteiger partial charge in [0.15, 0.2) is 6.04 Å². The van der Waals surface area contributed by atoms with Gasteiger partial charge in [0.2, 0.25) is 0 Å². The highest BCUT2D eigenvalue weighted by Gasteiger charge is 2.28. The molecule has 0 aromatic heterocycles. The predicted octanol–water partition coefficient (Wildman–Crippen LogP) is -0.376. The number of amides is 2. The van der Waals surface area contributed by atoms with E-state index in [2.05, 4.69) is 10.3 Å². The maximum atomic E-state index is 10.4. The lowest BCUT2D eigenvalue weighted by Crippen LogP contribution is -2.38. The molecule has 1 rings (SSSR count). The van der Waals surface area contributed by atoms with Crippen molar-refractivity contribution < 1.29 is 14.7 Å². The van der Waals surface area contributed by atoms with Gasteiger partial charge in [-0.1, -0.05) is 0 Å². The highest BCUT2D eigenvalue weighted by atomic mass is 16.4. The van der Waals surface area contributed by atoms with E-state index in [0.29, 0.717) is 5.71 Å². The molecular weight excluding hydrogens is 136 g/mol. The van der Waals surface area contributed by atoms with Crippen LogP contribution in [0.5, 0.6) is 0 Å². The van der Waals surface area contributed by atoms with E-state index in [4.69, 9.17) is 5.11 Å². The first-order valence-electron chi connectivity index (χ1n) is 2.70. The molecule has 0 aromatic carbocycles. The summed E-state index contributed by atoms with van der Waals surface area (Å²) in [6.07, 6.45) is 0. The number of carboxylic acids is 1. The number of hydrogen-bond donors (Lipinski definition) is 2. The molecule has 1 unspecified atom stereocenters. The molecule has 0 aliphatic carbocycles. The summed E-state index contributed by atoms with van der Waals surface area (Å²) < 4.78 is 0. The molecule has 5 heteroatoms. The molecule has 0 aromatic rings. The minimum Gasteiger partial charge on any atom is -0.479 e. The largest absolute Gasteiger partial charge is 0.479 e. The Morgan fingerprint density at radius 1 is 1.80 bits per heavy atom. The summed E-state index contributed by atoms with van der Waals surface area (Å²) in [7, 11) is 0. The Morgan fingerprint density at radius 2 is 2.40 bits per heavy atom. The van der Waals surface area contributed by atoms with Crippen LogP contribution >= 0.6 is 0 Å². The van der Waals surface area contributed by atoms with Gasteiger partial charge in [0, 0.05) is 0 Å². The van der Waals surface area contributed by atoms with Gasteiger partial charge in [-0.3, -0.25) is 0 Å². The topological polar surface area (TPSA) is 78.8 Å². The Bertz CT molecular complexity index is 221. The summed E-state index contributed by atoms with van der Waals surface area (Å²) in [5.74, 6) is -1.08. The quantitative estimate of drug-likeness (QED) is 0.524. The van der Waals surface area contributed by atoms with Gasteiger partial charge in [-0.25, -0.2) is 14.6 Å². The van der Waals surface area contributed by atoms with Crippen LogP contribution in [-0.2, 0) is 4.79 Å². The molecule has 54 valence electrons. The fraction of sp³-hybridized carbons (Fsp3) is 0.400. The average Bonchev–Trinajstić information content (AvgIpc) is 2.10. The van der Waals surface area contributed by atoms with Gasteiger partial charge in [0.05, 0.1) is 5.71 Å². The van der Waals surface area contributed by atoms with Crippen LogP contribution in [0.3, 0.4) is 0 Å². The fourth-order valence-corrected chi connectivity index (χ4v) is 0.725. The highest BCUT2D eigenvalue weighted by Crippen LogP contribution is 1.98. The van der Waals surface area contributed by atoms with E-state index in [1.165, 1.54) is 6.92 Å². The number of aliphatic imine (C=N–C) groups is 1. The first-order chi connectivity index (χ1) is 4.61. The van der Waals surface area contributed by atoms with Crippen molar-refractivity contribution in [2.45, 2.75) is 13.0 Å². The zero-order valence-corrected chi connectivity index (χ0v) is 5.29. The van der Waals surface area contributed by atoms with E-state index in [1.807, 2.05) is 0 Å². The van der Waals surface area contributed by atoms with Crippen molar-refractivity contribution in [3.8, 4) is 0 Å². The third-order valence-corrected chi connectivity index (χ3v) is 1.21. The molecule has 1 atom stereocenters. The van der Waals surface area contributed by atoms with E-state index in [0.717, 1.165) is 0 Å². The zero-order chi connectivity index (χ0) is 7.72. The van der Waals surface area contributed by atoms with Crippen LogP contribution in [0, 0.1) is 0 Å². The van der Waals surface area contributed by atoms with Gasteiger partial charge in [0.1, 0.15) is 0 Å². The van der Waals surface area contributed by atoms with Crippen molar-refractivity contribution >= 4 is 17.7 Å². The second-order valence-corrected chi connectivity index (χ2v) is 1.97. The molecule has 2 amide bonds. The molecule has 0 bridgehead atoms. The summed E-state index contributed by atoms with van der Waals surface area (Å²) in [4.78, 5) is 24.0. The lowest BCUT2D eigenvalue weighted by atomic mass is 10.2. The molecule has 0 spiro atoms. The van der Waals surface area contributed by atoms with Crippen LogP contribution in [0.2, 0.25) is 0 Å². The van der Waals surface area contributed by atoms with Gasteiger partial charge in [-0.2, -0.15) is 0 Å². The van der Waals surface area contributed by atoms with Crippen LogP contribution in [0.25, 0.3) is 0 Å². The summed E-state index contributed by atoms with van der Waals surface area (Å²) in [5, 5.41) is 10.6. The number of rotatable bonds is 1. The van der Waals surface area contributed by atoms with Gasteiger partial charge in [0.25, 0.3) is 0 Å². The van der Waals surface area contributed by atoms with Crippen LogP contribution in [0.4, 0.5) is 4.79 Å². The number of urea groups is 1. The Balaban J connectivity index is 2.78. The summed E-state index contributed by atoms with van der Waals surface area (Å²) in [6.45, 7) is 1.50. The maximum Gasteiger partial charge on any atom is 0.341 e. The van der Waals surface area contributed by atoms with Crippen LogP contribution < -0.4 is 5.32 Å². The van der Waals surface area contributed by atoms with Crippen molar-refractivity contribution in [3.63, 3.8) is 0 Å². The SMILES string of the molecule is CC1=NC(=O)NC1C(=O)O. The highest BCUT2D eigenvalue weighted by molar-refractivity contribution is 6.14. The number of carboxylic acid groups (broad SMARTS) is 1. The van der Waals surface area contributed by atoms with Gasteiger partial charge < -0.3 is 10.4 Å². The number of carbonyl (C=O) groups excluding carboxylic acids is 1. The monoisotopic (exact) mass is 142 g/mol. The Labute approximate surface area is 56.8 Å². The van der Waals surface area contributed by atoms with Crippen molar-refractivity contribution in [1.82, 2.24) is 5.32 Å². The molecular formula is C5H6N2O3. The van der Waals surface area contributed by atoms with Crippen molar-refractivity contribution in [2.24, 2.45) is 4.99 Å². The predicted molar refractivity (Wildman–Crippen MR) is 33.1 cm³/mol. The minimum atomic E-state index is -1.08. The number of hydrogen-bond acceptors (Lipinski definition) is 2. The molecule has 0 fully saturated rings. The van der Waals surface area contributed by atoms with Gasteiger partial charge in [-0.15, -0.1) is 0 Å². The van der Waals surface area contributed by atoms with E-state index >= 15 is 0 Å². The minimum absolute atomic E-state index is 0.303. The summed E-state index contributed by atoms with van der Waals surface area (Å²) >= 11 is 0. The van der Waals surface area contributed by atoms with Crippen LogP contribution in [0.15, 0.2) is 4.99 Å². The third kappa shape index (κ3) is 0.975. The van der Waals surface area contributed by atoms with E-state index < -0.39 is 18.0 Å². The summed E-state index contributed by atoms with van der Waals surface area (Å²) in [5.41, 5.74) is 0.303. The molecule has 1 aliphatic rings. The van der Waals surface area contributed by atoms with Gasteiger partial charge in [-0.05, 0) is 6.92 Å². The lowest BCUT2D eigenvalue weighted by molar-refractivity contribution is -0.137. The van der Waals surface area contributed by atoms with Crippen LogP contribution in [-0.4, -0.2) is 28.9 Å². The van der Waals surface area contributed by atoms with E-state index in [-0.39, 0.29) is 0 Å². The third-order valence-electron chi connectivity index (χ3n) is 1.21. The fourth-order valence-electron chi connectivity index (χ4n) is 0.725. The molecule has 0 radical (unpaired) electrons. The second kappa shape index (κ2) is 2.09. The Hall–Kier alpha value is -1.39. The second-order valence-electron chi connectivity index (χ2n) is 1.97. The molecule has 0 saturated heterocycles. The molecule has 5 nitrogen and oxygen atoms in total. The number of aliphatic carboxylic acids is 1. The zero-order valence-electron chi connectivity index (χ0n) is 5.29. The standard InChI is InChI=1S/C5H6N2O3/c1-2-3(4(8)9)7-5(10)6-2/h3H,1H3,(H,7,10)(H,8,9). The normalized spacial score (nSPS) is 23.9. The molecule has 1 heterocycles. The van der Waals surface area contributed by atoms with Crippen molar-refractivity contribution in [2.75, 3.05) is 0 Å². The van der Waals surface area contributed by atoms with Crippen molar-refractivity contribution in [1.29, 1.82) is 0 Å². The molecule has 1 aliphatic heterocycles. The summed E-state index contributed by atoms with van der Waals surface area (Å²) in [6, 6.07) is -1.50. The maximum absolute atomic E-state index is 10.4. The van der Waals surface area contributed by atoms with E-state index in [1.54, 1.807) is 0 Å². The van der Waals surface area contributed by atoms with Crippen molar-refractivity contribution in [3.05, 3.63) is 0 Å². The molecule has 2 N–H and O–H groups in total. The number of carbonyl (C=O) groups is 2. The number of nitrogens with zero attached hydrogens (tertiary/aromatic N) is 1. The Kier molecular flexibility index (Phi) is 1.41. The average molecular weight is 142 g/mol. The van der Waals surface area contributed by atoms with E-state index in [9.17, 15) is 9.59 Å². The first-order valence-corrected chi connectivity index (χ1v) is 2.70. The molecule has 0 saturated carbocycles. The first kappa shape index (κ1) is 6.73. The molecule has 10 heavy (non-hydrogen) atoms. The lowest BCUT2D eigenvalue weighted by Gasteiger charge is -2.01. The smallest absolute Gasteiger partial charge is 0.341 e. The van der Waals surface area contributed by atoms with Crippen LogP contribution in [0.1, 0.15) is 6.92 Å².